The summed E-state index contributed by atoms with van der Waals surface area (Å²) in [5, 5.41) is 13.7. The van der Waals surface area contributed by atoms with E-state index in [1.807, 2.05) is 0 Å². The van der Waals surface area contributed by atoms with Crippen molar-refractivity contribution in [3.63, 3.8) is 0 Å². The van der Waals surface area contributed by atoms with Crippen LogP contribution in [-0.4, -0.2) is 27.0 Å². The summed E-state index contributed by atoms with van der Waals surface area (Å²) in [6, 6.07) is 4.96. The Morgan fingerprint density at radius 3 is 3.06 bits per heavy atom. The van der Waals surface area contributed by atoms with E-state index in [9.17, 15) is 8.78 Å². The van der Waals surface area contributed by atoms with E-state index in [0.29, 0.717) is 17.8 Å². The summed E-state index contributed by atoms with van der Waals surface area (Å²) in [6.07, 6.45) is 3.82. The fourth-order valence-electron chi connectivity index (χ4n) is 1.24. The van der Waals surface area contributed by atoms with E-state index in [4.69, 9.17) is 0 Å². The van der Waals surface area contributed by atoms with Crippen molar-refractivity contribution in [3.8, 4) is 5.88 Å². The molecule has 2 aromatic rings. The maximum absolute atomic E-state index is 11.9. The van der Waals surface area contributed by atoms with Crippen LogP contribution in [0.15, 0.2) is 24.4 Å². The van der Waals surface area contributed by atoms with Gasteiger partial charge in [-0.05, 0) is 12.1 Å². The Labute approximate surface area is 95.8 Å². The van der Waals surface area contributed by atoms with Crippen LogP contribution in [0.25, 0.3) is 0 Å². The van der Waals surface area contributed by atoms with Crippen LogP contribution in [0, 0.1) is 6.42 Å². The van der Waals surface area contributed by atoms with E-state index in [-0.39, 0.29) is 5.88 Å². The number of hydrogen-bond acceptors (Lipinski definition) is 4. The summed E-state index contributed by atoms with van der Waals surface area (Å²) in [7, 11) is 0. The molecule has 5 nitrogen and oxygen atoms in total. The minimum atomic E-state index is -2.85. The summed E-state index contributed by atoms with van der Waals surface area (Å²) in [5.41, 5.74) is 1.29. The second kappa shape index (κ2) is 5.33. The molecule has 0 spiro atoms. The second-order valence-electron chi connectivity index (χ2n) is 3.16. The minimum Gasteiger partial charge on any atom is -0.417 e. The molecule has 2 rings (SSSR count). The van der Waals surface area contributed by atoms with Gasteiger partial charge in [0.05, 0.1) is 11.4 Å². The SMILES string of the molecule is FC(F)Oc1cc(C[CH]c2cccnn2)n[nH]1. The molecule has 0 aliphatic heterocycles. The van der Waals surface area contributed by atoms with E-state index in [1.54, 1.807) is 24.8 Å². The molecule has 0 atom stereocenters. The van der Waals surface area contributed by atoms with Gasteiger partial charge in [0, 0.05) is 25.1 Å². The molecular weight excluding hydrogens is 230 g/mol. The number of halogens is 2. The molecule has 0 bridgehead atoms. The van der Waals surface area contributed by atoms with E-state index >= 15 is 0 Å². The molecule has 1 radical (unpaired) electrons. The van der Waals surface area contributed by atoms with Gasteiger partial charge in [0.2, 0.25) is 5.88 Å². The van der Waals surface area contributed by atoms with Crippen LogP contribution in [0.1, 0.15) is 11.4 Å². The van der Waals surface area contributed by atoms with Crippen molar-refractivity contribution < 1.29 is 13.5 Å². The Bertz CT molecular complexity index is 460. The highest BCUT2D eigenvalue weighted by molar-refractivity contribution is 5.19. The normalized spacial score (nSPS) is 10.8. The molecule has 0 saturated carbocycles. The molecule has 0 fully saturated rings. The lowest BCUT2D eigenvalue weighted by Crippen LogP contribution is -2.01. The molecule has 0 aliphatic carbocycles. The Morgan fingerprint density at radius 1 is 1.47 bits per heavy atom. The zero-order valence-corrected chi connectivity index (χ0v) is 8.68. The lowest BCUT2D eigenvalue weighted by Gasteiger charge is -1.97. The lowest BCUT2D eigenvalue weighted by atomic mass is 10.2. The van der Waals surface area contributed by atoms with Gasteiger partial charge in [0.1, 0.15) is 0 Å². The van der Waals surface area contributed by atoms with Gasteiger partial charge in [-0.15, -0.1) is 0 Å². The summed E-state index contributed by atoms with van der Waals surface area (Å²) in [5.74, 6) is -0.0532. The van der Waals surface area contributed by atoms with Crippen LogP contribution in [0.2, 0.25) is 0 Å². The van der Waals surface area contributed by atoms with Crippen molar-refractivity contribution in [2.24, 2.45) is 0 Å². The van der Waals surface area contributed by atoms with Gasteiger partial charge in [0.25, 0.3) is 0 Å². The second-order valence-corrected chi connectivity index (χ2v) is 3.16. The predicted molar refractivity (Wildman–Crippen MR) is 54.4 cm³/mol. The van der Waals surface area contributed by atoms with Crippen LogP contribution >= 0.6 is 0 Å². The zero-order valence-electron chi connectivity index (χ0n) is 8.68. The van der Waals surface area contributed by atoms with Gasteiger partial charge in [-0.1, -0.05) is 0 Å². The number of nitrogens with zero attached hydrogens (tertiary/aromatic N) is 3. The van der Waals surface area contributed by atoms with Crippen LogP contribution < -0.4 is 4.74 Å². The number of ether oxygens (including phenoxy) is 1. The van der Waals surface area contributed by atoms with Crippen molar-refractivity contribution in [2.75, 3.05) is 0 Å². The third-order valence-corrected chi connectivity index (χ3v) is 1.94. The smallest absolute Gasteiger partial charge is 0.388 e. The lowest BCUT2D eigenvalue weighted by molar-refractivity contribution is -0.0528. The zero-order chi connectivity index (χ0) is 12.1. The maximum Gasteiger partial charge on any atom is 0.388 e. The summed E-state index contributed by atoms with van der Waals surface area (Å²) in [4.78, 5) is 0. The van der Waals surface area contributed by atoms with Gasteiger partial charge in [-0.2, -0.15) is 24.1 Å². The summed E-state index contributed by atoms with van der Waals surface area (Å²) in [6.45, 7) is -2.85. The number of H-pyrrole nitrogens is 1. The average molecular weight is 239 g/mol. The van der Waals surface area contributed by atoms with Gasteiger partial charge in [0.15, 0.2) is 0 Å². The van der Waals surface area contributed by atoms with Crippen molar-refractivity contribution in [3.05, 3.63) is 42.2 Å². The highest BCUT2D eigenvalue weighted by Crippen LogP contribution is 2.13. The Morgan fingerprint density at radius 2 is 2.35 bits per heavy atom. The molecule has 0 amide bonds. The minimum absolute atomic E-state index is 0.0532. The number of nitrogens with one attached hydrogen (secondary N) is 1. The van der Waals surface area contributed by atoms with Gasteiger partial charge in [-0.25, -0.2) is 5.10 Å². The molecule has 7 heteroatoms. The van der Waals surface area contributed by atoms with Gasteiger partial charge >= 0.3 is 6.61 Å². The number of aromatic nitrogens is 4. The van der Waals surface area contributed by atoms with Crippen LogP contribution in [-0.2, 0) is 6.42 Å². The fraction of sp³-hybridized carbons (Fsp3) is 0.200. The van der Waals surface area contributed by atoms with Crippen LogP contribution in [0.4, 0.5) is 8.78 Å². The van der Waals surface area contributed by atoms with Crippen molar-refractivity contribution >= 4 is 0 Å². The molecule has 0 saturated heterocycles. The molecule has 0 aromatic carbocycles. The molecule has 0 aliphatic rings. The number of hydrogen-bond donors (Lipinski definition) is 1. The van der Waals surface area contributed by atoms with E-state index in [2.05, 4.69) is 25.1 Å². The first kappa shape index (κ1) is 11.4. The summed E-state index contributed by atoms with van der Waals surface area (Å²) < 4.78 is 27.9. The Hall–Kier alpha value is -2.05. The highest BCUT2D eigenvalue weighted by Gasteiger charge is 2.08. The third-order valence-electron chi connectivity index (χ3n) is 1.94. The van der Waals surface area contributed by atoms with Crippen LogP contribution in [0.5, 0.6) is 5.88 Å². The molecule has 17 heavy (non-hydrogen) atoms. The predicted octanol–water partition coefficient (Wildman–Crippen LogP) is 1.60. The van der Waals surface area contributed by atoms with E-state index < -0.39 is 6.61 Å². The summed E-state index contributed by atoms with van der Waals surface area (Å²) >= 11 is 0. The monoisotopic (exact) mass is 239 g/mol. The highest BCUT2D eigenvalue weighted by atomic mass is 19.3. The standard InChI is InChI=1S/C10H9F2N4O/c11-10(12)17-9-6-8(15-16-9)4-3-7-2-1-5-13-14-7/h1-3,5-6,10H,4H2,(H,15,16). The first-order valence-electron chi connectivity index (χ1n) is 4.84. The number of aromatic amines is 1. The van der Waals surface area contributed by atoms with Gasteiger partial charge < -0.3 is 4.74 Å². The number of alkyl halides is 2. The fourth-order valence-corrected chi connectivity index (χ4v) is 1.24. The van der Waals surface area contributed by atoms with Crippen molar-refractivity contribution in [2.45, 2.75) is 13.0 Å². The molecule has 0 unspecified atom stereocenters. The average Bonchev–Trinajstić information content (AvgIpc) is 2.75. The van der Waals surface area contributed by atoms with Gasteiger partial charge in [-0.3, -0.25) is 0 Å². The first-order chi connectivity index (χ1) is 8.24. The number of rotatable bonds is 5. The Balaban J connectivity index is 1.89. The molecule has 2 heterocycles. The Kier molecular flexibility index (Phi) is 3.59. The largest absolute Gasteiger partial charge is 0.417 e. The molecule has 2 aromatic heterocycles. The van der Waals surface area contributed by atoms with E-state index in [0.717, 1.165) is 0 Å². The first-order valence-corrected chi connectivity index (χ1v) is 4.84. The van der Waals surface area contributed by atoms with Crippen molar-refractivity contribution in [1.29, 1.82) is 0 Å². The topological polar surface area (TPSA) is 63.7 Å². The maximum atomic E-state index is 11.9. The molecule has 89 valence electrons. The molecular formula is C10H9F2N4O. The van der Waals surface area contributed by atoms with Crippen molar-refractivity contribution in [1.82, 2.24) is 20.4 Å². The quantitative estimate of drug-likeness (QED) is 0.860. The van der Waals surface area contributed by atoms with E-state index in [1.165, 1.54) is 6.07 Å². The van der Waals surface area contributed by atoms with Crippen LogP contribution in [0.3, 0.4) is 0 Å². The third kappa shape index (κ3) is 3.47. The molecule has 1 N–H and O–H groups in total.